The molecular formula is C19H21FO. The van der Waals surface area contributed by atoms with Gasteiger partial charge in [-0.1, -0.05) is 0 Å². The van der Waals surface area contributed by atoms with Gasteiger partial charge in [-0.25, -0.2) is 4.39 Å². The Morgan fingerprint density at radius 1 is 0.857 bits per heavy atom. The van der Waals surface area contributed by atoms with Crippen LogP contribution in [0.25, 0.3) is 11.1 Å². The minimum absolute atomic E-state index is 0.0490. The van der Waals surface area contributed by atoms with Gasteiger partial charge >= 0.3 is 0 Å². The van der Waals surface area contributed by atoms with Crippen LogP contribution in [0.2, 0.25) is 0 Å². The monoisotopic (exact) mass is 284 g/mol. The largest absolute Gasteiger partial charge is 0.295 e. The molecule has 2 aromatic carbocycles. The first-order valence-corrected chi connectivity index (χ1v) is 7.13. The van der Waals surface area contributed by atoms with E-state index in [1.54, 1.807) is 12.1 Å². The lowest BCUT2D eigenvalue weighted by atomic mass is 9.85. The SMILES string of the molecule is CC(=O)c1ccc(F)c(-c2c(C)c(C)c(C)c(C)c2C)c1. The van der Waals surface area contributed by atoms with Gasteiger partial charge in [-0.05, 0) is 93.1 Å². The number of halogens is 1. The van der Waals surface area contributed by atoms with Crippen molar-refractivity contribution in [3.63, 3.8) is 0 Å². The molecule has 0 atom stereocenters. The minimum Gasteiger partial charge on any atom is -0.295 e. The first-order chi connectivity index (χ1) is 9.75. The van der Waals surface area contributed by atoms with Crippen LogP contribution in [-0.2, 0) is 0 Å². The van der Waals surface area contributed by atoms with Gasteiger partial charge in [0.2, 0.25) is 0 Å². The van der Waals surface area contributed by atoms with Gasteiger partial charge in [-0.2, -0.15) is 0 Å². The van der Waals surface area contributed by atoms with Gasteiger partial charge in [0.05, 0.1) is 0 Å². The van der Waals surface area contributed by atoms with E-state index in [0.717, 1.165) is 16.7 Å². The summed E-state index contributed by atoms with van der Waals surface area (Å²) >= 11 is 0. The molecule has 0 aromatic heterocycles. The lowest BCUT2D eigenvalue weighted by molar-refractivity contribution is 0.101. The van der Waals surface area contributed by atoms with E-state index in [-0.39, 0.29) is 11.6 Å². The van der Waals surface area contributed by atoms with Gasteiger partial charge in [0.25, 0.3) is 0 Å². The standard InChI is InChI=1S/C19H21FO/c1-10-11(2)13(4)19(14(5)12(10)3)17-9-16(15(6)21)7-8-18(17)20/h7-9H,1-6H3. The summed E-state index contributed by atoms with van der Waals surface area (Å²) in [6.07, 6.45) is 0. The highest BCUT2D eigenvalue weighted by Gasteiger charge is 2.17. The highest BCUT2D eigenvalue weighted by atomic mass is 19.1. The Morgan fingerprint density at radius 3 is 1.81 bits per heavy atom. The van der Waals surface area contributed by atoms with Gasteiger partial charge in [-0.15, -0.1) is 0 Å². The zero-order chi connectivity index (χ0) is 15.9. The summed E-state index contributed by atoms with van der Waals surface area (Å²) in [4.78, 5) is 11.6. The third-order valence-electron chi connectivity index (χ3n) is 4.64. The van der Waals surface area contributed by atoms with Gasteiger partial charge in [0.1, 0.15) is 5.82 Å². The molecule has 2 heteroatoms. The second-order valence-electron chi connectivity index (χ2n) is 5.75. The van der Waals surface area contributed by atoms with Crippen molar-refractivity contribution in [2.24, 2.45) is 0 Å². The second-order valence-corrected chi connectivity index (χ2v) is 5.75. The Balaban J connectivity index is 2.85. The maximum absolute atomic E-state index is 14.3. The van der Waals surface area contributed by atoms with Crippen molar-refractivity contribution in [1.29, 1.82) is 0 Å². The average Bonchev–Trinajstić information content (AvgIpc) is 2.45. The molecule has 0 unspecified atom stereocenters. The molecule has 2 aromatic rings. The van der Waals surface area contributed by atoms with E-state index in [9.17, 15) is 9.18 Å². The molecule has 0 aliphatic rings. The molecule has 21 heavy (non-hydrogen) atoms. The Hall–Kier alpha value is -1.96. The molecule has 0 fully saturated rings. The van der Waals surface area contributed by atoms with Crippen molar-refractivity contribution in [3.05, 3.63) is 57.4 Å². The lowest BCUT2D eigenvalue weighted by Gasteiger charge is -2.19. The fourth-order valence-electron chi connectivity index (χ4n) is 2.84. The molecular weight excluding hydrogens is 263 g/mol. The number of hydrogen-bond acceptors (Lipinski definition) is 1. The van der Waals surface area contributed by atoms with E-state index >= 15 is 0 Å². The number of carbonyl (C=O) groups excluding carboxylic acids is 1. The molecule has 0 saturated heterocycles. The molecule has 0 N–H and O–H groups in total. The van der Waals surface area contributed by atoms with Crippen LogP contribution in [0.3, 0.4) is 0 Å². The van der Waals surface area contributed by atoms with Gasteiger partial charge < -0.3 is 0 Å². The molecule has 0 radical (unpaired) electrons. The predicted octanol–water partition coefficient (Wildman–Crippen LogP) is 5.24. The molecule has 0 amide bonds. The van der Waals surface area contributed by atoms with Crippen LogP contribution in [0, 0.1) is 40.4 Å². The van der Waals surface area contributed by atoms with Crippen LogP contribution >= 0.6 is 0 Å². The predicted molar refractivity (Wildman–Crippen MR) is 85.5 cm³/mol. The average molecular weight is 284 g/mol. The summed E-state index contributed by atoms with van der Waals surface area (Å²) in [5.74, 6) is -0.332. The zero-order valence-electron chi connectivity index (χ0n) is 13.5. The minimum atomic E-state index is -0.283. The quantitative estimate of drug-likeness (QED) is 0.689. The summed E-state index contributed by atoms with van der Waals surface area (Å²) < 4.78 is 14.3. The van der Waals surface area contributed by atoms with E-state index in [1.807, 2.05) is 13.8 Å². The topological polar surface area (TPSA) is 17.1 Å². The lowest BCUT2D eigenvalue weighted by Crippen LogP contribution is -2.02. The molecule has 0 aliphatic heterocycles. The Kier molecular flexibility index (Phi) is 3.99. The number of carbonyl (C=O) groups is 1. The van der Waals surface area contributed by atoms with Crippen molar-refractivity contribution >= 4 is 5.78 Å². The number of ketones is 1. The number of hydrogen-bond donors (Lipinski definition) is 0. The Morgan fingerprint density at radius 2 is 1.33 bits per heavy atom. The summed E-state index contributed by atoms with van der Waals surface area (Å²) in [5, 5.41) is 0. The maximum Gasteiger partial charge on any atom is 0.159 e. The van der Waals surface area contributed by atoms with E-state index in [0.29, 0.717) is 11.1 Å². The van der Waals surface area contributed by atoms with E-state index in [2.05, 4.69) is 20.8 Å². The molecule has 0 bridgehead atoms. The maximum atomic E-state index is 14.3. The highest BCUT2D eigenvalue weighted by molar-refractivity contribution is 5.95. The van der Waals surface area contributed by atoms with Crippen molar-refractivity contribution in [1.82, 2.24) is 0 Å². The number of Topliss-reactive ketones (excluding diaryl/α,β-unsaturated/α-hetero) is 1. The number of benzene rings is 2. The van der Waals surface area contributed by atoms with Crippen LogP contribution in [0.1, 0.15) is 45.1 Å². The first-order valence-electron chi connectivity index (χ1n) is 7.13. The van der Waals surface area contributed by atoms with Crippen molar-refractivity contribution in [2.45, 2.75) is 41.5 Å². The Bertz CT molecular complexity index is 713. The van der Waals surface area contributed by atoms with Crippen molar-refractivity contribution in [3.8, 4) is 11.1 Å². The van der Waals surface area contributed by atoms with E-state index in [4.69, 9.17) is 0 Å². The van der Waals surface area contributed by atoms with Crippen LogP contribution in [-0.4, -0.2) is 5.78 Å². The normalized spacial score (nSPS) is 10.8. The fourth-order valence-corrected chi connectivity index (χ4v) is 2.84. The van der Waals surface area contributed by atoms with E-state index in [1.165, 1.54) is 29.7 Å². The molecule has 1 nitrogen and oxygen atoms in total. The molecule has 2 rings (SSSR count). The highest BCUT2D eigenvalue weighted by Crippen LogP contribution is 2.35. The van der Waals surface area contributed by atoms with Gasteiger partial charge in [-0.3, -0.25) is 4.79 Å². The molecule has 110 valence electrons. The zero-order valence-corrected chi connectivity index (χ0v) is 13.5. The third kappa shape index (κ3) is 2.51. The molecule has 0 heterocycles. The summed E-state index contributed by atoms with van der Waals surface area (Å²) in [6, 6.07) is 4.59. The third-order valence-corrected chi connectivity index (χ3v) is 4.64. The van der Waals surface area contributed by atoms with Crippen LogP contribution in [0.5, 0.6) is 0 Å². The van der Waals surface area contributed by atoms with Crippen molar-refractivity contribution in [2.75, 3.05) is 0 Å². The molecule has 0 spiro atoms. The van der Waals surface area contributed by atoms with Crippen molar-refractivity contribution < 1.29 is 9.18 Å². The van der Waals surface area contributed by atoms with Crippen LogP contribution < -0.4 is 0 Å². The molecule has 0 saturated carbocycles. The van der Waals surface area contributed by atoms with E-state index < -0.39 is 0 Å². The Labute approximate surface area is 125 Å². The second kappa shape index (κ2) is 5.44. The summed E-state index contributed by atoms with van der Waals surface area (Å²) in [6.45, 7) is 11.8. The van der Waals surface area contributed by atoms with Gasteiger partial charge in [0.15, 0.2) is 5.78 Å². The fraction of sp³-hybridized carbons (Fsp3) is 0.316. The number of rotatable bonds is 2. The summed E-state index contributed by atoms with van der Waals surface area (Å²) in [7, 11) is 0. The summed E-state index contributed by atoms with van der Waals surface area (Å²) in [5.41, 5.74) is 7.74. The van der Waals surface area contributed by atoms with Crippen LogP contribution in [0.15, 0.2) is 18.2 Å². The van der Waals surface area contributed by atoms with Gasteiger partial charge in [0, 0.05) is 11.1 Å². The smallest absolute Gasteiger partial charge is 0.159 e. The first kappa shape index (κ1) is 15.4. The van der Waals surface area contributed by atoms with Crippen LogP contribution in [0.4, 0.5) is 4.39 Å². The molecule has 0 aliphatic carbocycles.